The minimum Gasteiger partial charge on any atom is -0.493 e. The fourth-order valence-electron chi connectivity index (χ4n) is 2.90. The molecule has 2 rings (SSSR count). The third kappa shape index (κ3) is 4.97. The number of likely N-dealkylation sites (tertiary alicyclic amines) is 1. The average molecular weight is 316 g/mol. The number of carboxylic acid groups (broad SMARTS) is 1. The van der Waals surface area contributed by atoms with Gasteiger partial charge in [-0.05, 0) is 57.5 Å². The Kier molecular flexibility index (Phi) is 5.62. The molecule has 0 amide bonds. The number of rotatable bonds is 6. The zero-order valence-corrected chi connectivity index (χ0v) is 13.8. The molecule has 1 aliphatic rings. The Morgan fingerprint density at radius 1 is 1.43 bits per heavy atom. The van der Waals surface area contributed by atoms with E-state index in [0.717, 1.165) is 31.7 Å². The van der Waals surface area contributed by atoms with E-state index in [2.05, 4.69) is 11.0 Å². The molecule has 1 atom stereocenters. The summed E-state index contributed by atoms with van der Waals surface area (Å²) in [4.78, 5) is 13.5. The maximum absolute atomic E-state index is 11.3. The Labute approximate surface area is 137 Å². The van der Waals surface area contributed by atoms with Crippen molar-refractivity contribution in [1.82, 2.24) is 4.90 Å². The number of piperidine rings is 1. The summed E-state index contributed by atoms with van der Waals surface area (Å²) in [5, 5.41) is 18.0. The van der Waals surface area contributed by atoms with Crippen molar-refractivity contribution in [2.45, 2.75) is 26.7 Å². The van der Waals surface area contributed by atoms with Crippen molar-refractivity contribution in [1.29, 1.82) is 5.26 Å². The topological polar surface area (TPSA) is 73.6 Å². The zero-order valence-electron chi connectivity index (χ0n) is 13.8. The third-order valence-corrected chi connectivity index (χ3v) is 4.27. The monoisotopic (exact) mass is 316 g/mol. The highest BCUT2D eigenvalue weighted by molar-refractivity contribution is 5.73. The molecule has 1 N–H and O–H groups in total. The van der Waals surface area contributed by atoms with Gasteiger partial charge in [-0.1, -0.05) is 0 Å². The van der Waals surface area contributed by atoms with Crippen LogP contribution in [-0.4, -0.2) is 42.2 Å². The van der Waals surface area contributed by atoms with Crippen molar-refractivity contribution in [2.24, 2.45) is 11.3 Å². The van der Waals surface area contributed by atoms with Gasteiger partial charge in [0.1, 0.15) is 5.75 Å². The Morgan fingerprint density at radius 3 is 2.74 bits per heavy atom. The second-order valence-electron chi connectivity index (χ2n) is 6.88. The van der Waals surface area contributed by atoms with Gasteiger partial charge in [0.2, 0.25) is 0 Å². The van der Waals surface area contributed by atoms with Crippen LogP contribution < -0.4 is 4.74 Å². The summed E-state index contributed by atoms with van der Waals surface area (Å²) >= 11 is 0. The first kappa shape index (κ1) is 17.3. The molecule has 0 bridgehead atoms. The summed E-state index contributed by atoms with van der Waals surface area (Å²) < 4.78 is 5.82. The average Bonchev–Trinajstić information content (AvgIpc) is 2.53. The number of nitrogens with zero attached hydrogens (tertiary/aromatic N) is 2. The van der Waals surface area contributed by atoms with Gasteiger partial charge in [0.15, 0.2) is 0 Å². The molecule has 5 heteroatoms. The van der Waals surface area contributed by atoms with Crippen molar-refractivity contribution in [3.8, 4) is 11.8 Å². The Balaban J connectivity index is 1.84. The lowest BCUT2D eigenvalue weighted by atomic mass is 9.90. The lowest BCUT2D eigenvalue weighted by Crippen LogP contribution is -2.45. The number of carbonyl (C=O) groups is 1. The van der Waals surface area contributed by atoms with E-state index >= 15 is 0 Å². The summed E-state index contributed by atoms with van der Waals surface area (Å²) in [6.45, 7) is 6.54. The second kappa shape index (κ2) is 7.47. The van der Waals surface area contributed by atoms with Crippen molar-refractivity contribution in [3.63, 3.8) is 0 Å². The summed E-state index contributed by atoms with van der Waals surface area (Å²) in [6.07, 6.45) is 2.16. The number of aliphatic carboxylic acids is 1. The van der Waals surface area contributed by atoms with E-state index in [1.165, 1.54) is 0 Å². The molecule has 0 spiro atoms. The molecule has 0 radical (unpaired) electrons. The van der Waals surface area contributed by atoms with Gasteiger partial charge >= 0.3 is 5.97 Å². The second-order valence-corrected chi connectivity index (χ2v) is 6.88. The predicted molar refractivity (Wildman–Crippen MR) is 87.2 cm³/mol. The van der Waals surface area contributed by atoms with E-state index < -0.39 is 11.4 Å². The van der Waals surface area contributed by atoms with Gasteiger partial charge in [0, 0.05) is 19.0 Å². The normalized spacial score (nSPS) is 19.1. The van der Waals surface area contributed by atoms with Crippen LogP contribution in [0.25, 0.3) is 0 Å². The van der Waals surface area contributed by atoms with Crippen LogP contribution in [0.4, 0.5) is 0 Å². The number of nitriles is 1. The molecule has 0 aromatic heterocycles. The van der Waals surface area contributed by atoms with Crippen LogP contribution in [0.1, 0.15) is 32.3 Å². The minimum atomic E-state index is -0.756. The van der Waals surface area contributed by atoms with E-state index in [1.807, 2.05) is 12.1 Å². The first-order chi connectivity index (χ1) is 10.9. The number of hydrogen-bond donors (Lipinski definition) is 1. The molecule has 1 aromatic rings. The Hall–Kier alpha value is -2.06. The van der Waals surface area contributed by atoms with Crippen molar-refractivity contribution >= 4 is 5.97 Å². The van der Waals surface area contributed by atoms with Gasteiger partial charge in [-0.15, -0.1) is 0 Å². The first-order valence-corrected chi connectivity index (χ1v) is 7.99. The molecule has 1 aliphatic heterocycles. The molecular weight excluding hydrogens is 292 g/mol. The summed E-state index contributed by atoms with van der Waals surface area (Å²) in [6, 6.07) is 9.21. The van der Waals surface area contributed by atoms with Crippen LogP contribution in [0.5, 0.6) is 5.75 Å². The minimum absolute atomic E-state index is 0.406. The van der Waals surface area contributed by atoms with Gasteiger partial charge in [-0.25, -0.2) is 0 Å². The quantitative estimate of drug-likeness (QED) is 0.873. The van der Waals surface area contributed by atoms with E-state index in [4.69, 9.17) is 10.00 Å². The number of benzene rings is 1. The van der Waals surface area contributed by atoms with Gasteiger partial charge in [-0.3, -0.25) is 4.79 Å². The van der Waals surface area contributed by atoms with E-state index in [9.17, 15) is 9.90 Å². The molecule has 23 heavy (non-hydrogen) atoms. The van der Waals surface area contributed by atoms with E-state index in [1.54, 1.807) is 26.0 Å². The summed E-state index contributed by atoms with van der Waals surface area (Å²) in [5.41, 5.74) is -0.104. The molecular formula is C18H24N2O3. The molecule has 1 aromatic carbocycles. The maximum Gasteiger partial charge on any atom is 0.310 e. The Morgan fingerprint density at radius 2 is 2.13 bits per heavy atom. The van der Waals surface area contributed by atoms with Gasteiger partial charge in [0.05, 0.1) is 23.7 Å². The zero-order chi connectivity index (χ0) is 16.9. The summed E-state index contributed by atoms with van der Waals surface area (Å²) in [7, 11) is 0. The van der Waals surface area contributed by atoms with Gasteiger partial charge in [0.25, 0.3) is 0 Å². The van der Waals surface area contributed by atoms with Crippen LogP contribution in [0.3, 0.4) is 0 Å². The predicted octanol–water partition coefficient (Wildman–Crippen LogP) is 2.76. The fourth-order valence-corrected chi connectivity index (χ4v) is 2.90. The molecule has 1 saturated heterocycles. The number of carboxylic acids is 1. The van der Waals surface area contributed by atoms with Crippen molar-refractivity contribution < 1.29 is 14.6 Å². The van der Waals surface area contributed by atoms with Gasteiger partial charge < -0.3 is 14.7 Å². The highest BCUT2D eigenvalue weighted by atomic mass is 16.5. The molecule has 1 fully saturated rings. The summed E-state index contributed by atoms with van der Waals surface area (Å²) in [5.74, 6) is 0.421. The molecule has 1 unspecified atom stereocenters. The highest BCUT2D eigenvalue weighted by Gasteiger charge is 2.32. The van der Waals surface area contributed by atoms with E-state index in [-0.39, 0.29) is 0 Å². The standard InChI is InChI=1S/C18H24N2O3/c1-18(2,17(21)22)13-20-9-3-4-15(11-20)12-23-16-7-5-14(10-19)6-8-16/h5-8,15H,3-4,9,11-13H2,1-2H3,(H,21,22). The fraction of sp³-hybridized carbons (Fsp3) is 0.556. The van der Waals surface area contributed by atoms with Crippen molar-refractivity contribution in [3.05, 3.63) is 29.8 Å². The Bertz CT molecular complexity index is 575. The van der Waals surface area contributed by atoms with Crippen LogP contribution in [-0.2, 0) is 4.79 Å². The number of hydrogen-bond acceptors (Lipinski definition) is 4. The molecule has 1 heterocycles. The van der Waals surface area contributed by atoms with Gasteiger partial charge in [-0.2, -0.15) is 5.26 Å². The lowest BCUT2D eigenvalue weighted by molar-refractivity contribution is -0.148. The smallest absolute Gasteiger partial charge is 0.310 e. The lowest BCUT2D eigenvalue weighted by Gasteiger charge is -2.36. The van der Waals surface area contributed by atoms with Crippen LogP contribution in [0, 0.1) is 22.7 Å². The number of ether oxygens (including phenoxy) is 1. The van der Waals surface area contributed by atoms with Crippen LogP contribution in [0.2, 0.25) is 0 Å². The molecule has 124 valence electrons. The molecule has 0 aliphatic carbocycles. The highest BCUT2D eigenvalue weighted by Crippen LogP contribution is 2.23. The maximum atomic E-state index is 11.3. The van der Waals surface area contributed by atoms with Crippen molar-refractivity contribution in [2.75, 3.05) is 26.2 Å². The van der Waals surface area contributed by atoms with Crippen LogP contribution >= 0.6 is 0 Å². The van der Waals surface area contributed by atoms with Crippen LogP contribution in [0.15, 0.2) is 24.3 Å². The third-order valence-electron chi connectivity index (χ3n) is 4.27. The molecule has 5 nitrogen and oxygen atoms in total. The largest absolute Gasteiger partial charge is 0.493 e. The first-order valence-electron chi connectivity index (χ1n) is 7.99. The van der Waals surface area contributed by atoms with E-state index in [0.29, 0.717) is 24.6 Å². The molecule has 0 saturated carbocycles. The SMILES string of the molecule is CC(C)(CN1CCCC(COc2ccc(C#N)cc2)C1)C(=O)O.